The van der Waals surface area contributed by atoms with E-state index in [-0.39, 0.29) is 0 Å². The van der Waals surface area contributed by atoms with E-state index in [1.807, 2.05) is 6.07 Å². The molecule has 1 aromatic carbocycles. The fourth-order valence-corrected chi connectivity index (χ4v) is 2.79. The van der Waals surface area contributed by atoms with Crippen molar-refractivity contribution in [1.82, 2.24) is 4.90 Å². The third-order valence-corrected chi connectivity index (χ3v) is 3.74. The Labute approximate surface area is 115 Å². The summed E-state index contributed by atoms with van der Waals surface area (Å²) in [5.74, 6) is 6.38. The molecular formula is C17H19NO. The lowest BCUT2D eigenvalue weighted by Crippen LogP contribution is -2.40. The van der Waals surface area contributed by atoms with Crippen molar-refractivity contribution in [2.45, 2.75) is 25.3 Å². The first kappa shape index (κ1) is 13.5. The Hall–Kier alpha value is -1.90. The molecule has 0 saturated carbocycles. The van der Waals surface area contributed by atoms with Gasteiger partial charge in [0.15, 0.2) is 0 Å². The zero-order valence-electron chi connectivity index (χ0n) is 11.4. The molecule has 0 radical (unpaired) electrons. The second-order valence-electron chi connectivity index (χ2n) is 4.81. The lowest BCUT2D eigenvalue weighted by Gasteiger charge is -2.33. The molecule has 0 fully saturated rings. The first-order chi connectivity index (χ1) is 9.30. The van der Waals surface area contributed by atoms with Crippen LogP contribution in [0.1, 0.15) is 17.5 Å². The minimum Gasteiger partial charge on any atom is -0.496 e. The third kappa shape index (κ3) is 2.92. The maximum atomic E-state index is 5.46. The normalized spacial score (nSPS) is 17.4. The summed E-state index contributed by atoms with van der Waals surface area (Å²) in [5.41, 5.74) is 2.69. The van der Waals surface area contributed by atoms with Crippen molar-refractivity contribution >= 4 is 0 Å². The smallest absolute Gasteiger partial charge is 0.122 e. The van der Waals surface area contributed by atoms with Gasteiger partial charge in [0.25, 0.3) is 0 Å². The summed E-state index contributed by atoms with van der Waals surface area (Å²) in [4.78, 5) is 2.20. The van der Waals surface area contributed by atoms with Crippen molar-refractivity contribution in [3.05, 3.63) is 29.3 Å². The molecule has 2 rings (SSSR count). The van der Waals surface area contributed by atoms with Gasteiger partial charge in [-0.05, 0) is 36.5 Å². The molecule has 0 amide bonds. The van der Waals surface area contributed by atoms with E-state index in [4.69, 9.17) is 17.6 Å². The number of terminal acetylenes is 2. The molecule has 19 heavy (non-hydrogen) atoms. The molecule has 1 aliphatic rings. The van der Waals surface area contributed by atoms with Crippen LogP contribution in [0, 0.1) is 24.7 Å². The van der Waals surface area contributed by atoms with Crippen LogP contribution in [0.2, 0.25) is 0 Å². The number of methoxy groups -OCH3 is 1. The van der Waals surface area contributed by atoms with Gasteiger partial charge in [-0.1, -0.05) is 24.0 Å². The van der Waals surface area contributed by atoms with Gasteiger partial charge >= 0.3 is 0 Å². The van der Waals surface area contributed by atoms with Crippen molar-refractivity contribution in [3.8, 4) is 30.4 Å². The predicted octanol–water partition coefficient (Wildman–Crippen LogP) is 2.12. The van der Waals surface area contributed by atoms with Crippen LogP contribution in [0.3, 0.4) is 0 Å². The Kier molecular flexibility index (Phi) is 4.50. The third-order valence-electron chi connectivity index (χ3n) is 3.74. The van der Waals surface area contributed by atoms with Crippen molar-refractivity contribution in [3.63, 3.8) is 0 Å². The van der Waals surface area contributed by atoms with Gasteiger partial charge in [-0.3, -0.25) is 4.90 Å². The second kappa shape index (κ2) is 6.32. The maximum absolute atomic E-state index is 5.46. The van der Waals surface area contributed by atoms with Gasteiger partial charge in [-0.25, -0.2) is 0 Å². The van der Waals surface area contributed by atoms with Gasteiger partial charge < -0.3 is 4.74 Å². The Morgan fingerprint density at radius 1 is 1.32 bits per heavy atom. The van der Waals surface area contributed by atoms with Crippen molar-refractivity contribution in [1.29, 1.82) is 0 Å². The number of ether oxygens (including phenoxy) is 1. The Morgan fingerprint density at radius 3 is 2.68 bits per heavy atom. The highest BCUT2D eigenvalue weighted by atomic mass is 16.5. The molecule has 2 nitrogen and oxygen atoms in total. The molecule has 0 N–H and O–H groups in total. The van der Waals surface area contributed by atoms with Crippen molar-refractivity contribution in [2.75, 3.05) is 20.2 Å². The summed E-state index contributed by atoms with van der Waals surface area (Å²) >= 11 is 0. The first-order valence-corrected chi connectivity index (χ1v) is 6.56. The van der Waals surface area contributed by atoms with Crippen LogP contribution in [-0.2, 0) is 12.8 Å². The van der Waals surface area contributed by atoms with E-state index in [9.17, 15) is 0 Å². The van der Waals surface area contributed by atoms with Crippen molar-refractivity contribution < 1.29 is 4.74 Å². The lowest BCUT2D eigenvalue weighted by atomic mass is 9.87. The van der Waals surface area contributed by atoms with E-state index in [0.717, 1.165) is 25.0 Å². The van der Waals surface area contributed by atoms with Crippen LogP contribution >= 0.6 is 0 Å². The van der Waals surface area contributed by atoms with Gasteiger partial charge in [0.2, 0.25) is 0 Å². The summed E-state index contributed by atoms with van der Waals surface area (Å²) in [6, 6.07) is 6.67. The molecule has 0 aromatic heterocycles. The minimum atomic E-state index is 0.413. The quantitative estimate of drug-likeness (QED) is 0.762. The van der Waals surface area contributed by atoms with Crippen LogP contribution in [0.25, 0.3) is 0 Å². The minimum absolute atomic E-state index is 0.413. The van der Waals surface area contributed by atoms with Crippen LogP contribution in [0.4, 0.5) is 0 Å². The Morgan fingerprint density at radius 2 is 2.05 bits per heavy atom. The zero-order valence-corrected chi connectivity index (χ0v) is 11.4. The second-order valence-corrected chi connectivity index (χ2v) is 4.81. The fourth-order valence-electron chi connectivity index (χ4n) is 2.79. The Balaban J connectivity index is 2.21. The Bertz CT molecular complexity index is 491. The lowest BCUT2D eigenvalue weighted by molar-refractivity contribution is 0.224. The number of fused-ring (bicyclic) bond motifs is 1. The summed E-state index contributed by atoms with van der Waals surface area (Å²) in [6.07, 6.45) is 14.0. The van der Waals surface area contributed by atoms with Gasteiger partial charge in [0.05, 0.1) is 20.2 Å². The first-order valence-electron chi connectivity index (χ1n) is 6.56. The largest absolute Gasteiger partial charge is 0.496 e. The van der Waals surface area contributed by atoms with Crippen molar-refractivity contribution in [2.24, 2.45) is 0 Å². The van der Waals surface area contributed by atoms with Gasteiger partial charge in [0, 0.05) is 6.04 Å². The standard InChI is InChI=1S/C17H19NO/c1-4-11-18(12-5-2)15-10-9-14-7-6-8-17(19-3)16(14)13-15/h1-2,6-8,15H,9-13H2,3H3. The highest BCUT2D eigenvalue weighted by Gasteiger charge is 2.25. The molecular weight excluding hydrogens is 234 g/mol. The molecule has 2 heteroatoms. The number of hydrogen-bond donors (Lipinski definition) is 0. The molecule has 0 bridgehead atoms. The molecule has 98 valence electrons. The van der Waals surface area contributed by atoms with Gasteiger partial charge in [-0.15, -0.1) is 12.8 Å². The summed E-state index contributed by atoms with van der Waals surface area (Å²) in [6.45, 7) is 1.22. The van der Waals surface area contributed by atoms with Crippen LogP contribution in [0.5, 0.6) is 5.75 Å². The average molecular weight is 253 g/mol. The topological polar surface area (TPSA) is 12.5 Å². The zero-order chi connectivity index (χ0) is 13.7. The predicted molar refractivity (Wildman–Crippen MR) is 78.0 cm³/mol. The monoisotopic (exact) mass is 253 g/mol. The van der Waals surface area contributed by atoms with Gasteiger partial charge in [-0.2, -0.15) is 0 Å². The SMILES string of the molecule is C#CCN(CC#C)C1CCc2cccc(OC)c2C1. The van der Waals surface area contributed by atoms with Gasteiger partial charge in [0.1, 0.15) is 5.75 Å². The van der Waals surface area contributed by atoms with E-state index in [1.54, 1.807) is 7.11 Å². The number of aryl methyl sites for hydroxylation is 1. The van der Waals surface area contributed by atoms with E-state index in [0.29, 0.717) is 19.1 Å². The van der Waals surface area contributed by atoms with E-state index >= 15 is 0 Å². The molecule has 0 heterocycles. The summed E-state index contributed by atoms with van der Waals surface area (Å²) in [5, 5.41) is 0. The average Bonchev–Trinajstić information content (AvgIpc) is 2.46. The molecule has 1 aliphatic carbocycles. The molecule has 1 aromatic rings. The molecule has 0 spiro atoms. The molecule has 0 saturated heterocycles. The number of benzene rings is 1. The highest BCUT2D eigenvalue weighted by molar-refractivity contribution is 5.42. The molecule has 1 unspecified atom stereocenters. The fraction of sp³-hybridized carbons (Fsp3) is 0.412. The van der Waals surface area contributed by atoms with E-state index < -0.39 is 0 Å². The number of rotatable bonds is 4. The van der Waals surface area contributed by atoms with E-state index in [1.165, 1.54) is 11.1 Å². The maximum Gasteiger partial charge on any atom is 0.122 e. The van der Waals surface area contributed by atoms with E-state index in [2.05, 4.69) is 28.9 Å². The highest BCUT2D eigenvalue weighted by Crippen LogP contribution is 2.31. The summed E-state index contributed by atoms with van der Waals surface area (Å²) in [7, 11) is 1.72. The van der Waals surface area contributed by atoms with Crippen LogP contribution in [-0.4, -0.2) is 31.1 Å². The summed E-state index contributed by atoms with van der Waals surface area (Å²) < 4.78 is 5.46. The molecule has 1 atom stereocenters. The number of nitrogens with zero attached hydrogens (tertiary/aromatic N) is 1. The van der Waals surface area contributed by atoms with Crippen LogP contribution < -0.4 is 4.74 Å². The molecule has 0 aliphatic heterocycles. The van der Waals surface area contributed by atoms with Crippen LogP contribution in [0.15, 0.2) is 18.2 Å². The number of hydrogen-bond acceptors (Lipinski definition) is 2.